The minimum Gasteiger partial charge on any atom is -0.451 e. The van der Waals surface area contributed by atoms with Crippen LogP contribution in [0, 0.1) is 17.8 Å². The minimum atomic E-state index is -0.319. The van der Waals surface area contributed by atoms with Gasteiger partial charge in [-0.1, -0.05) is 62.4 Å². The van der Waals surface area contributed by atoms with Gasteiger partial charge in [-0.05, 0) is 48.4 Å². The number of piperidine rings is 3. The van der Waals surface area contributed by atoms with Crippen LogP contribution in [0.2, 0.25) is 0 Å². The number of hydrogen-bond acceptors (Lipinski definition) is 3. The van der Waals surface area contributed by atoms with E-state index in [4.69, 9.17) is 4.74 Å². The molecule has 3 aromatic rings. The Morgan fingerprint density at radius 2 is 1.92 bits per heavy atom. The summed E-state index contributed by atoms with van der Waals surface area (Å²) in [5.74, 6) is 1.31. The second kappa shape index (κ2) is 10.6. The number of carbonyl (C=O) groups excluding carboxylic acids is 1. The van der Waals surface area contributed by atoms with Crippen LogP contribution in [0.4, 0.5) is 0 Å². The number of nitrogens with one attached hydrogen (secondary N) is 1. The van der Waals surface area contributed by atoms with Gasteiger partial charge in [0.25, 0.3) is 0 Å². The molecule has 3 saturated heterocycles. The number of carbonyl (C=O) groups is 1. The van der Waals surface area contributed by atoms with E-state index < -0.39 is 0 Å². The Morgan fingerprint density at radius 1 is 1.14 bits per heavy atom. The van der Waals surface area contributed by atoms with E-state index in [1.807, 2.05) is 31.3 Å². The lowest BCUT2D eigenvalue weighted by Crippen LogP contribution is -3.20. The van der Waals surface area contributed by atoms with Gasteiger partial charge in [0.05, 0.1) is 24.5 Å². The molecule has 4 nitrogen and oxygen atoms in total. The number of quaternary nitrogens is 1. The molecule has 3 fully saturated rings. The van der Waals surface area contributed by atoms with Crippen molar-refractivity contribution >= 4 is 16.9 Å². The summed E-state index contributed by atoms with van der Waals surface area (Å²) in [7, 11) is 0. The lowest BCUT2D eigenvalue weighted by atomic mass is 9.73. The number of benzene rings is 2. The van der Waals surface area contributed by atoms with Gasteiger partial charge < -0.3 is 9.64 Å². The van der Waals surface area contributed by atoms with Crippen molar-refractivity contribution in [3.05, 3.63) is 90.1 Å². The summed E-state index contributed by atoms with van der Waals surface area (Å²) in [6.07, 6.45) is 7.01. The van der Waals surface area contributed by atoms with E-state index in [0.717, 1.165) is 48.0 Å². The molecule has 4 heteroatoms. The number of nitrogens with zero attached hydrogens (tertiary/aromatic N) is 1. The van der Waals surface area contributed by atoms with Crippen LogP contribution in [0.5, 0.6) is 0 Å². The van der Waals surface area contributed by atoms with Crippen molar-refractivity contribution in [2.75, 3.05) is 13.1 Å². The number of hydrogen-bond donors (Lipinski definition) is 1. The van der Waals surface area contributed by atoms with Gasteiger partial charge >= 0.3 is 5.97 Å². The molecule has 6 rings (SSSR count). The Bertz CT molecular complexity index is 1210. The quantitative estimate of drug-likeness (QED) is 0.349. The zero-order valence-corrected chi connectivity index (χ0v) is 21.8. The van der Waals surface area contributed by atoms with E-state index in [0.29, 0.717) is 17.8 Å². The van der Waals surface area contributed by atoms with Crippen LogP contribution in [0.3, 0.4) is 0 Å². The Labute approximate surface area is 215 Å². The van der Waals surface area contributed by atoms with Crippen molar-refractivity contribution in [1.29, 1.82) is 0 Å². The largest absolute Gasteiger partial charge is 0.451 e. The van der Waals surface area contributed by atoms with Crippen LogP contribution in [0.15, 0.2) is 73.4 Å². The van der Waals surface area contributed by atoms with Crippen LogP contribution < -0.4 is 4.90 Å². The third-order valence-electron chi connectivity index (χ3n) is 8.40. The third kappa shape index (κ3) is 4.97. The number of pyridine rings is 1. The van der Waals surface area contributed by atoms with E-state index in [-0.39, 0.29) is 24.0 Å². The molecule has 0 spiro atoms. The van der Waals surface area contributed by atoms with Gasteiger partial charge in [-0.2, -0.15) is 0 Å². The highest BCUT2D eigenvalue weighted by Crippen LogP contribution is 2.37. The smallest absolute Gasteiger partial charge is 0.313 e. The summed E-state index contributed by atoms with van der Waals surface area (Å²) in [5, 5.41) is 1.07. The van der Waals surface area contributed by atoms with Crippen LogP contribution in [-0.2, 0) is 16.0 Å². The lowest BCUT2D eigenvalue weighted by molar-refractivity contribution is -0.949. The van der Waals surface area contributed by atoms with Crippen LogP contribution in [-0.4, -0.2) is 30.1 Å². The van der Waals surface area contributed by atoms with E-state index in [2.05, 4.69) is 67.9 Å². The average molecular weight is 484 g/mol. The first-order chi connectivity index (χ1) is 17.4. The summed E-state index contributed by atoms with van der Waals surface area (Å²) in [6, 6.07) is 19.0. The fourth-order valence-corrected chi connectivity index (χ4v) is 6.40. The topological polar surface area (TPSA) is 43.6 Å². The molecule has 1 N–H and O–H groups in total. The first kappa shape index (κ1) is 24.7. The van der Waals surface area contributed by atoms with Gasteiger partial charge in [0, 0.05) is 35.9 Å². The first-order valence-electron chi connectivity index (χ1n) is 13.5. The Balaban J connectivity index is 1.44. The molecule has 0 amide bonds. The number of fused-ring (bicyclic) bond motifs is 4. The predicted molar refractivity (Wildman–Crippen MR) is 145 cm³/mol. The fraction of sp³-hybridized carbons (Fsp3) is 0.438. The molecule has 6 atom stereocenters. The van der Waals surface area contributed by atoms with E-state index in [9.17, 15) is 4.79 Å². The molecule has 0 aliphatic carbocycles. The number of aromatic nitrogens is 1. The average Bonchev–Trinajstić information content (AvgIpc) is 2.91. The van der Waals surface area contributed by atoms with Crippen molar-refractivity contribution in [2.45, 2.75) is 58.1 Å². The van der Waals surface area contributed by atoms with Gasteiger partial charge in [0.15, 0.2) is 6.10 Å². The van der Waals surface area contributed by atoms with Crippen molar-refractivity contribution in [3.63, 3.8) is 0 Å². The molecular formula is C32H39N2O2+. The summed E-state index contributed by atoms with van der Waals surface area (Å²) in [5.41, 5.74) is 4.34. The Kier molecular flexibility index (Phi) is 7.25. The van der Waals surface area contributed by atoms with Gasteiger partial charge in [0.2, 0.25) is 0 Å². The highest BCUT2D eigenvalue weighted by atomic mass is 16.5. The molecule has 2 bridgehead atoms. The maximum Gasteiger partial charge on any atom is 0.313 e. The van der Waals surface area contributed by atoms with Gasteiger partial charge in [-0.25, -0.2) is 0 Å². The normalized spacial score (nSPS) is 25.0. The summed E-state index contributed by atoms with van der Waals surface area (Å²) in [4.78, 5) is 19.7. The maximum absolute atomic E-state index is 13.6. The fourth-order valence-electron chi connectivity index (χ4n) is 6.40. The van der Waals surface area contributed by atoms with Crippen molar-refractivity contribution in [3.8, 4) is 0 Å². The van der Waals surface area contributed by atoms with Gasteiger partial charge in [-0.15, -0.1) is 6.58 Å². The molecule has 1 aromatic heterocycles. The molecule has 36 heavy (non-hydrogen) atoms. The first-order valence-corrected chi connectivity index (χ1v) is 13.5. The molecule has 188 valence electrons. The summed E-state index contributed by atoms with van der Waals surface area (Å²) >= 11 is 0. The molecular weight excluding hydrogens is 444 g/mol. The number of esters is 1. The van der Waals surface area contributed by atoms with E-state index in [1.54, 1.807) is 0 Å². The molecule has 3 aliphatic heterocycles. The Hall–Kier alpha value is -2.98. The molecule has 0 saturated carbocycles. The molecule has 1 unspecified atom stereocenters. The van der Waals surface area contributed by atoms with Crippen molar-refractivity contribution < 1.29 is 14.4 Å². The Morgan fingerprint density at radius 3 is 2.61 bits per heavy atom. The van der Waals surface area contributed by atoms with Gasteiger partial charge in [0.1, 0.15) is 6.04 Å². The van der Waals surface area contributed by atoms with E-state index in [1.165, 1.54) is 16.9 Å². The minimum absolute atomic E-state index is 0.153. The lowest BCUT2D eigenvalue weighted by Gasteiger charge is -2.48. The predicted octanol–water partition coefficient (Wildman–Crippen LogP) is 5.30. The maximum atomic E-state index is 13.6. The molecule has 3 aliphatic rings. The monoisotopic (exact) mass is 483 g/mol. The molecule has 0 radical (unpaired) electrons. The van der Waals surface area contributed by atoms with Crippen molar-refractivity contribution in [1.82, 2.24) is 4.98 Å². The van der Waals surface area contributed by atoms with Gasteiger partial charge in [-0.3, -0.25) is 9.78 Å². The third-order valence-corrected chi connectivity index (χ3v) is 8.40. The second-order valence-corrected chi connectivity index (χ2v) is 11.2. The number of ether oxygens (including phenoxy) is 1. The van der Waals surface area contributed by atoms with E-state index >= 15 is 0 Å². The summed E-state index contributed by atoms with van der Waals surface area (Å²) in [6.45, 7) is 12.7. The van der Waals surface area contributed by atoms with Crippen LogP contribution in [0.1, 0.15) is 62.3 Å². The van der Waals surface area contributed by atoms with Crippen LogP contribution >= 0.6 is 0 Å². The number of para-hydroxylation sites is 1. The van der Waals surface area contributed by atoms with Crippen LogP contribution in [0.25, 0.3) is 10.9 Å². The zero-order chi connectivity index (χ0) is 25.2. The molecule has 4 heterocycles. The SMILES string of the molecule is C=C[C@H]1C[NH+]2CC[C@H]1C[C@H]2[C@@H](OC(=O)[C@@H](C)c1ccc(CC(C)C)cc1)c1ccnc2ccccc12. The van der Waals surface area contributed by atoms with Crippen molar-refractivity contribution in [2.24, 2.45) is 17.8 Å². The second-order valence-electron chi connectivity index (χ2n) is 11.2. The highest BCUT2D eigenvalue weighted by molar-refractivity contribution is 5.83. The molecule has 2 aromatic carbocycles. The standard InChI is InChI=1S/C32H38N2O2/c1-5-24-20-34-17-15-26(24)19-30(34)31(28-14-16-33-29-9-7-6-8-27(28)29)36-32(35)22(4)25-12-10-23(11-13-25)18-21(2)3/h5-14,16,21-22,24,26,30-31H,1,15,17-20H2,2-4H3/p+1/t22-,24-,26-,30-,31-/m0/s1. The number of rotatable bonds is 8. The zero-order valence-electron chi connectivity index (χ0n) is 21.8. The summed E-state index contributed by atoms with van der Waals surface area (Å²) < 4.78 is 6.50. The highest BCUT2D eigenvalue weighted by Gasteiger charge is 2.48.